The summed E-state index contributed by atoms with van der Waals surface area (Å²) in [7, 11) is 0. The average Bonchev–Trinajstić information content (AvgIpc) is 1.36. The van der Waals surface area contributed by atoms with Crippen molar-refractivity contribution in [2.75, 3.05) is 0 Å². The molecule has 6 nitrogen and oxygen atoms in total. The molecule has 0 fully saturated rings. The van der Waals surface area contributed by atoms with Crippen LogP contribution in [0, 0.1) is 0 Å². The number of rotatable bonds is 0. The molecule has 57 valence electrons. The number of carbonyl (C=O) groups is 2. The third kappa shape index (κ3) is 18.7. The zero-order valence-electron chi connectivity index (χ0n) is 3.97. The van der Waals surface area contributed by atoms with Crippen LogP contribution in [0.2, 0.25) is 0 Å². The molecular formula is C2H4CoO6. The molecule has 7 heteroatoms. The number of hydrogen-bond donors (Lipinski definition) is 0. The summed E-state index contributed by atoms with van der Waals surface area (Å²) in [5.74, 6) is -4.37. The summed E-state index contributed by atoms with van der Waals surface area (Å²) in [4.78, 5) is 17.9. The molecule has 4 N–H and O–H groups in total. The van der Waals surface area contributed by atoms with Gasteiger partial charge in [-0.15, -0.1) is 0 Å². The van der Waals surface area contributed by atoms with Crippen LogP contribution in [0.3, 0.4) is 0 Å². The zero-order valence-corrected chi connectivity index (χ0v) is 5.01. The van der Waals surface area contributed by atoms with Gasteiger partial charge in [-0.3, -0.25) is 0 Å². The number of hydrogen-bond acceptors (Lipinski definition) is 4. The summed E-state index contributed by atoms with van der Waals surface area (Å²) in [5, 5.41) is 17.9. The second kappa shape index (κ2) is 10.4. The van der Waals surface area contributed by atoms with Crippen molar-refractivity contribution in [3.05, 3.63) is 0 Å². The summed E-state index contributed by atoms with van der Waals surface area (Å²) >= 11 is 0. The van der Waals surface area contributed by atoms with E-state index in [1.165, 1.54) is 0 Å². The average molecular weight is 183 g/mol. The topological polar surface area (TPSA) is 143 Å². The minimum Gasteiger partial charge on any atom is -0.543 e. The van der Waals surface area contributed by atoms with Crippen LogP contribution in [0.25, 0.3) is 0 Å². The second-order valence-corrected chi connectivity index (χ2v) is 0.575. The largest absolute Gasteiger partial charge is 2.00 e. The summed E-state index contributed by atoms with van der Waals surface area (Å²) in [6.07, 6.45) is 0. The fraction of sp³-hybridized carbons (Fsp3) is 0. The monoisotopic (exact) mass is 183 g/mol. The van der Waals surface area contributed by atoms with E-state index in [1.807, 2.05) is 0 Å². The molecule has 0 aliphatic carbocycles. The molecule has 0 saturated carbocycles. The molecular weight excluding hydrogens is 179 g/mol. The number of aliphatic carboxylic acids is 2. The molecule has 0 rings (SSSR count). The molecule has 0 aliphatic heterocycles. The Bertz CT molecular complexity index is 77.1. The minimum absolute atomic E-state index is 0. The van der Waals surface area contributed by atoms with Crippen LogP contribution in [0.5, 0.6) is 0 Å². The van der Waals surface area contributed by atoms with E-state index in [0.29, 0.717) is 0 Å². The van der Waals surface area contributed by atoms with Crippen LogP contribution in [0.15, 0.2) is 0 Å². The van der Waals surface area contributed by atoms with Gasteiger partial charge in [-0.1, -0.05) is 0 Å². The standard InChI is InChI=1S/C2H2O4.Co.2H2O/c3-1(4)2(5)6;;;/h(H,3,4)(H,5,6);;2*1H2/q;+2;;/p-2. The van der Waals surface area contributed by atoms with Gasteiger partial charge in [-0.25, -0.2) is 0 Å². The van der Waals surface area contributed by atoms with Crippen LogP contribution in [0.1, 0.15) is 0 Å². The molecule has 0 aromatic carbocycles. The summed E-state index contributed by atoms with van der Waals surface area (Å²) < 4.78 is 0. The van der Waals surface area contributed by atoms with Crippen LogP contribution >= 0.6 is 0 Å². The first kappa shape index (κ1) is 23.8. The zero-order chi connectivity index (χ0) is 5.15. The molecule has 0 aromatic rings. The third-order valence-corrected chi connectivity index (χ3v) is 0.167. The Kier molecular flexibility index (Phi) is 27.4. The van der Waals surface area contributed by atoms with Gasteiger partial charge in [0.25, 0.3) is 0 Å². The first-order valence-electron chi connectivity index (χ1n) is 1.07. The number of carbonyl (C=O) groups excluding carboxylic acids is 2. The van der Waals surface area contributed by atoms with E-state index in [4.69, 9.17) is 19.8 Å². The van der Waals surface area contributed by atoms with E-state index >= 15 is 0 Å². The molecule has 0 saturated heterocycles. The van der Waals surface area contributed by atoms with Gasteiger partial charge in [0.05, 0.1) is 11.9 Å². The predicted octanol–water partition coefficient (Wildman–Crippen LogP) is -5.17. The van der Waals surface area contributed by atoms with Gasteiger partial charge in [0.1, 0.15) is 0 Å². The Labute approximate surface area is 60.3 Å². The van der Waals surface area contributed by atoms with Crippen molar-refractivity contribution in [2.45, 2.75) is 0 Å². The third-order valence-electron chi connectivity index (χ3n) is 0.167. The van der Waals surface area contributed by atoms with Crippen molar-refractivity contribution in [1.29, 1.82) is 0 Å². The van der Waals surface area contributed by atoms with Gasteiger partial charge in [0.15, 0.2) is 0 Å². The van der Waals surface area contributed by atoms with E-state index in [0.717, 1.165) is 0 Å². The first-order valence-corrected chi connectivity index (χ1v) is 1.07. The Morgan fingerprint density at radius 3 is 1.00 bits per heavy atom. The van der Waals surface area contributed by atoms with Gasteiger partial charge in [-0.2, -0.15) is 0 Å². The number of carboxylic acids is 2. The van der Waals surface area contributed by atoms with E-state index in [9.17, 15) is 0 Å². The van der Waals surface area contributed by atoms with E-state index in [1.54, 1.807) is 0 Å². The van der Waals surface area contributed by atoms with Crippen molar-refractivity contribution < 1.29 is 47.5 Å². The van der Waals surface area contributed by atoms with Crippen molar-refractivity contribution in [3.8, 4) is 0 Å². The summed E-state index contributed by atoms with van der Waals surface area (Å²) in [5.41, 5.74) is 0. The molecule has 0 unspecified atom stereocenters. The van der Waals surface area contributed by atoms with Crippen LogP contribution in [0.4, 0.5) is 0 Å². The normalized spacial score (nSPS) is 4.89. The molecule has 0 bridgehead atoms. The maximum Gasteiger partial charge on any atom is 2.00 e. The Morgan fingerprint density at radius 2 is 1.00 bits per heavy atom. The van der Waals surface area contributed by atoms with E-state index < -0.39 is 11.9 Å². The van der Waals surface area contributed by atoms with Crippen molar-refractivity contribution in [3.63, 3.8) is 0 Å². The van der Waals surface area contributed by atoms with E-state index in [2.05, 4.69) is 0 Å². The van der Waals surface area contributed by atoms with Crippen molar-refractivity contribution in [2.24, 2.45) is 0 Å². The molecule has 0 heterocycles. The maximum atomic E-state index is 8.93. The summed E-state index contributed by atoms with van der Waals surface area (Å²) in [6, 6.07) is 0. The fourth-order valence-electron chi connectivity index (χ4n) is 0. The van der Waals surface area contributed by atoms with Gasteiger partial charge in [0, 0.05) is 0 Å². The Balaban J connectivity index is -0.0000000417. The molecule has 0 aromatic heterocycles. The fourth-order valence-corrected chi connectivity index (χ4v) is 0. The first-order chi connectivity index (χ1) is 2.64. The molecule has 0 amide bonds. The van der Waals surface area contributed by atoms with Crippen LogP contribution in [-0.2, 0) is 26.4 Å². The van der Waals surface area contributed by atoms with Crippen molar-refractivity contribution >= 4 is 11.9 Å². The predicted molar refractivity (Wildman–Crippen MR) is 17.2 cm³/mol. The SMILES string of the molecule is O.O.O=C([O-])C(=O)[O-].[Co+2]. The summed E-state index contributed by atoms with van der Waals surface area (Å²) in [6.45, 7) is 0. The van der Waals surface area contributed by atoms with Gasteiger partial charge >= 0.3 is 16.8 Å². The Morgan fingerprint density at radius 1 is 0.889 bits per heavy atom. The van der Waals surface area contributed by atoms with Crippen molar-refractivity contribution in [1.82, 2.24) is 0 Å². The maximum absolute atomic E-state index is 8.93. The van der Waals surface area contributed by atoms with Crippen LogP contribution < -0.4 is 10.2 Å². The molecule has 0 aliphatic rings. The van der Waals surface area contributed by atoms with Crippen LogP contribution in [-0.4, -0.2) is 22.9 Å². The number of carboxylic acid groups (broad SMARTS) is 2. The van der Waals surface area contributed by atoms with Gasteiger partial charge < -0.3 is 30.8 Å². The molecule has 0 spiro atoms. The van der Waals surface area contributed by atoms with E-state index in [-0.39, 0.29) is 27.7 Å². The molecule has 1 radical (unpaired) electrons. The Hall–Kier alpha value is -0.634. The van der Waals surface area contributed by atoms with Gasteiger partial charge in [-0.05, 0) is 0 Å². The molecule has 0 atom stereocenters. The molecule has 9 heavy (non-hydrogen) atoms. The minimum atomic E-state index is -2.19. The van der Waals surface area contributed by atoms with Gasteiger partial charge in [0.2, 0.25) is 0 Å². The smallest absolute Gasteiger partial charge is 0.543 e. The quantitative estimate of drug-likeness (QED) is 0.345. The second-order valence-electron chi connectivity index (χ2n) is 0.575.